The fourth-order valence-electron chi connectivity index (χ4n) is 1.95. The number of hydrogen-bond acceptors (Lipinski definition) is 4. The molecule has 0 aliphatic carbocycles. The summed E-state index contributed by atoms with van der Waals surface area (Å²) >= 11 is 0. The van der Waals surface area contributed by atoms with E-state index in [0.717, 1.165) is 13.1 Å². The van der Waals surface area contributed by atoms with Gasteiger partial charge in [-0.05, 0) is 27.3 Å². The van der Waals surface area contributed by atoms with Crippen molar-refractivity contribution < 1.29 is 8.42 Å². The highest BCUT2D eigenvalue weighted by Gasteiger charge is 2.33. The molecule has 0 unspecified atom stereocenters. The van der Waals surface area contributed by atoms with Gasteiger partial charge in [0.15, 0.2) is 0 Å². The van der Waals surface area contributed by atoms with Gasteiger partial charge in [-0.2, -0.15) is 9.40 Å². The predicted octanol–water partition coefficient (Wildman–Crippen LogP) is 1.47. The van der Waals surface area contributed by atoms with Gasteiger partial charge >= 0.3 is 0 Å². The Labute approximate surface area is 127 Å². The lowest BCUT2D eigenvalue weighted by molar-refractivity contribution is 0.270. The number of hydrogen-bond donors (Lipinski definition) is 1. The van der Waals surface area contributed by atoms with Gasteiger partial charge in [-0.3, -0.25) is 4.68 Å². The highest BCUT2D eigenvalue weighted by Crippen LogP contribution is 2.23. The maximum atomic E-state index is 12.7. The van der Waals surface area contributed by atoms with Crippen molar-refractivity contribution in [2.24, 2.45) is 0 Å². The molecule has 21 heavy (non-hydrogen) atoms. The first-order chi connectivity index (χ1) is 9.73. The van der Waals surface area contributed by atoms with Gasteiger partial charge in [-0.15, -0.1) is 6.58 Å². The van der Waals surface area contributed by atoms with Crippen LogP contribution in [0, 0.1) is 0 Å². The average molecular weight is 314 g/mol. The molecule has 1 rings (SSSR count). The molecular weight excluding hydrogens is 288 g/mol. The maximum Gasteiger partial charge on any atom is 0.246 e. The second kappa shape index (κ2) is 7.20. The van der Waals surface area contributed by atoms with Gasteiger partial charge in [-0.25, -0.2) is 8.42 Å². The Bertz CT molecular complexity index is 558. The molecule has 0 amide bonds. The summed E-state index contributed by atoms with van der Waals surface area (Å²) in [5.41, 5.74) is -0.515. The molecule has 0 aliphatic rings. The van der Waals surface area contributed by atoms with Crippen molar-refractivity contribution in [3.8, 4) is 0 Å². The Morgan fingerprint density at radius 1 is 1.48 bits per heavy atom. The van der Waals surface area contributed by atoms with Gasteiger partial charge in [0.05, 0.1) is 12.7 Å². The summed E-state index contributed by atoms with van der Waals surface area (Å²) < 4.78 is 28.5. The normalized spacial score (nSPS) is 12.8. The molecule has 0 saturated carbocycles. The van der Waals surface area contributed by atoms with E-state index in [1.54, 1.807) is 17.0 Å². The van der Waals surface area contributed by atoms with Gasteiger partial charge in [-0.1, -0.05) is 13.0 Å². The second-order valence-corrected chi connectivity index (χ2v) is 7.65. The zero-order chi connectivity index (χ0) is 16.1. The van der Waals surface area contributed by atoms with E-state index < -0.39 is 15.6 Å². The Hall–Kier alpha value is -1.18. The third-order valence-electron chi connectivity index (χ3n) is 3.01. The Balaban J connectivity index is 2.98. The highest BCUT2D eigenvalue weighted by atomic mass is 32.2. The first kappa shape index (κ1) is 17.9. The minimum absolute atomic E-state index is 0.218. The van der Waals surface area contributed by atoms with Gasteiger partial charge in [0.1, 0.15) is 4.90 Å². The minimum atomic E-state index is -3.57. The Kier molecular flexibility index (Phi) is 6.12. The second-order valence-electron chi connectivity index (χ2n) is 5.79. The quantitative estimate of drug-likeness (QED) is 0.583. The monoisotopic (exact) mass is 314 g/mol. The third kappa shape index (κ3) is 4.66. The Morgan fingerprint density at radius 2 is 2.14 bits per heavy atom. The van der Waals surface area contributed by atoms with Crippen molar-refractivity contribution in [2.75, 3.05) is 19.6 Å². The topological polar surface area (TPSA) is 67.2 Å². The molecule has 0 fully saturated rings. The van der Waals surface area contributed by atoms with Crippen LogP contribution in [0.5, 0.6) is 0 Å². The third-order valence-corrected chi connectivity index (χ3v) is 5.09. The lowest BCUT2D eigenvalue weighted by Gasteiger charge is -2.33. The van der Waals surface area contributed by atoms with Gasteiger partial charge < -0.3 is 5.32 Å². The van der Waals surface area contributed by atoms with E-state index in [4.69, 9.17) is 0 Å². The van der Waals surface area contributed by atoms with Gasteiger partial charge in [0.25, 0.3) is 0 Å². The number of nitrogens with one attached hydrogen (secondary N) is 1. The van der Waals surface area contributed by atoms with Crippen molar-refractivity contribution in [1.82, 2.24) is 19.4 Å². The highest BCUT2D eigenvalue weighted by molar-refractivity contribution is 7.89. The van der Waals surface area contributed by atoms with Crippen molar-refractivity contribution in [2.45, 2.75) is 44.7 Å². The van der Waals surface area contributed by atoms with Crippen LogP contribution >= 0.6 is 0 Å². The molecule has 1 N–H and O–H groups in total. The van der Waals surface area contributed by atoms with Crippen molar-refractivity contribution >= 4 is 10.0 Å². The van der Waals surface area contributed by atoms with E-state index in [-0.39, 0.29) is 11.4 Å². The standard InChI is InChI=1S/C14H26N4O2S/c1-6-9-18(14(3,4)5)21(19,20)13-11-16-17(12-13)10-8-15-7-2/h6,11-12,15H,1,7-10H2,2-5H3. The smallest absolute Gasteiger partial charge is 0.246 e. The number of nitrogens with zero attached hydrogens (tertiary/aromatic N) is 3. The van der Waals surface area contributed by atoms with Crippen molar-refractivity contribution in [3.05, 3.63) is 25.0 Å². The lowest BCUT2D eigenvalue weighted by Crippen LogP contribution is -2.45. The summed E-state index contributed by atoms with van der Waals surface area (Å²) in [7, 11) is -3.57. The first-order valence-corrected chi connectivity index (χ1v) is 8.54. The van der Waals surface area contributed by atoms with Crippen molar-refractivity contribution in [3.63, 3.8) is 0 Å². The van der Waals surface area contributed by atoms with Gasteiger partial charge in [0.2, 0.25) is 10.0 Å². The van der Waals surface area contributed by atoms with E-state index in [1.165, 1.54) is 10.5 Å². The molecule has 0 bridgehead atoms. The lowest BCUT2D eigenvalue weighted by atomic mass is 10.1. The summed E-state index contributed by atoms with van der Waals surface area (Å²) in [6.07, 6.45) is 4.58. The molecule has 1 aromatic rings. The van der Waals surface area contributed by atoms with Crippen LogP contribution < -0.4 is 5.32 Å². The molecule has 7 heteroatoms. The molecule has 1 heterocycles. The van der Waals surface area contributed by atoms with Crippen LogP contribution in [0.25, 0.3) is 0 Å². The molecule has 0 spiro atoms. The predicted molar refractivity (Wildman–Crippen MR) is 84.6 cm³/mol. The Morgan fingerprint density at radius 3 is 2.67 bits per heavy atom. The van der Waals surface area contributed by atoms with Crippen LogP contribution in [-0.4, -0.2) is 47.7 Å². The zero-order valence-corrected chi connectivity index (χ0v) is 14.2. The fourth-order valence-corrected chi connectivity index (χ4v) is 3.66. The number of likely N-dealkylation sites (N-methyl/N-ethyl adjacent to an activating group) is 1. The number of sulfonamides is 1. The molecule has 0 radical (unpaired) electrons. The van der Waals surface area contributed by atoms with E-state index in [9.17, 15) is 8.42 Å². The van der Waals surface area contributed by atoms with Crippen LogP contribution in [0.1, 0.15) is 27.7 Å². The molecule has 0 atom stereocenters. The van der Waals surface area contributed by atoms with Gasteiger partial charge in [0, 0.05) is 24.8 Å². The van der Waals surface area contributed by atoms with Crippen LogP contribution in [0.3, 0.4) is 0 Å². The fraction of sp³-hybridized carbons (Fsp3) is 0.643. The molecule has 0 saturated heterocycles. The minimum Gasteiger partial charge on any atom is -0.315 e. The van der Waals surface area contributed by atoms with E-state index in [2.05, 4.69) is 17.0 Å². The number of rotatable bonds is 8. The molecule has 0 aliphatic heterocycles. The maximum absolute atomic E-state index is 12.7. The summed E-state index contributed by atoms with van der Waals surface area (Å²) in [5.74, 6) is 0. The summed E-state index contributed by atoms with van der Waals surface area (Å²) in [6, 6.07) is 0. The molecule has 1 aromatic heterocycles. The molecule has 0 aromatic carbocycles. The summed E-state index contributed by atoms with van der Waals surface area (Å²) in [5, 5.41) is 7.30. The molecular formula is C14H26N4O2S. The molecule has 120 valence electrons. The summed E-state index contributed by atoms with van der Waals surface area (Å²) in [6.45, 7) is 13.8. The van der Waals surface area contributed by atoms with Crippen LogP contribution in [0.15, 0.2) is 29.9 Å². The van der Waals surface area contributed by atoms with Crippen LogP contribution in [0.4, 0.5) is 0 Å². The van der Waals surface area contributed by atoms with E-state index in [0.29, 0.717) is 6.54 Å². The zero-order valence-electron chi connectivity index (χ0n) is 13.3. The summed E-state index contributed by atoms with van der Waals surface area (Å²) in [4.78, 5) is 0.218. The average Bonchev–Trinajstić information content (AvgIpc) is 2.84. The van der Waals surface area contributed by atoms with Crippen molar-refractivity contribution in [1.29, 1.82) is 0 Å². The largest absolute Gasteiger partial charge is 0.315 e. The van der Waals surface area contributed by atoms with Crippen LogP contribution in [-0.2, 0) is 16.6 Å². The first-order valence-electron chi connectivity index (χ1n) is 7.10. The van der Waals surface area contributed by atoms with E-state index in [1.807, 2.05) is 27.7 Å². The van der Waals surface area contributed by atoms with E-state index >= 15 is 0 Å². The van der Waals surface area contributed by atoms with Crippen LogP contribution in [0.2, 0.25) is 0 Å². The SMILES string of the molecule is C=CCN(C(C)(C)C)S(=O)(=O)c1cnn(CCNCC)c1. The molecule has 6 nitrogen and oxygen atoms in total. The number of aromatic nitrogens is 2.